The van der Waals surface area contributed by atoms with E-state index in [0.717, 1.165) is 11.1 Å². The number of phenols is 1. The molecule has 2 aromatic carbocycles. The monoisotopic (exact) mass is 477 g/mol. The molecule has 0 unspecified atom stereocenters. The Morgan fingerprint density at radius 2 is 2.00 bits per heavy atom. The van der Waals surface area contributed by atoms with Crippen molar-refractivity contribution in [2.75, 3.05) is 0 Å². The predicted octanol–water partition coefficient (Wildman–Crippen LogP) is 6.09. The van der Waals surface area contributed by atoms with E-state index in [2.05, 4.69) is 10.2 Å². The average molecular weight is 478 g/mol. The third kappa shape index (κ3) is 5.83. The van der Waals surface area contributed by atoms with Gasteiger partial charge < -0.3 is 9.52 Å². The van der Waals surface area contributed by atoms with Crippen LogP contribution in [0.15, 0.2) is 98.1 Å². The second-order valence-electron chi connectivity index (χ2n) is 7.21. The number of carbonyl (C=O) groups excluding carboxylic acids is 1. The van der Waals surface area contributed by atoms with Crippen LogP contribution < -0.4 is 0 Å². The summed E-state index contributed by atoms with van der Waals surface area (Å²) in [6, 6.07) is 18.1. The fourth-order valence-corrected chi connectivity index (χ4v) is 4.28. The second kappa shape index (κ2) is 10.4. The van der Waals surface area contributed by atoms with Crippen LogP contribution in [0.4, 0.5) is 0 Å². The van der Waals surface area contributed by atoms with Gasteiger partial charge in [0.25, 0.3) is 5.91 Å². The zero-order valence-electron chi connectivity index (χ0n) is 17.7. The van der Waals surface area contributed by atoms with E-state index in [1.54, 1.807) is 30.5 Å². The number of halogens is 1. The number of nitrogens with zero attached hydrogens (tertiary/aromatic N) is 3. The second-order valence-corrected chi connectivity index (χ2v) is 8.66. The topological polar surface area (TPSA) is 78.4 Å². The summed E-state index contributed by atoms with van der Waals surface area (Å²) in [4.78, 5) is 15.2. The van der Waals surface area contributed by atoms with Gasteiger partial charge in [-0.2, -0.15) is 5.10 Å². The Balaban J connectivity index is 1.61. The van der Waals surface area contributed by atoms with Crippen LogP contribution in [0.1, 0.15) is 23.8 Å². The van der Waals surface area contributed by atoms with E-state index < -0.39 is 0 Å². The SMILES string of the molecule is CC(/C=C1\S/C(=N\N=C\c2cc(Cl)ccc2O)N(Cc2ccco2)C1=O)=C\c1ccccc1. The molecule has 1 saturated heterocycles. The van der Waals surface area contributed by atoms with Crippen LogP contribution >= 0.6 is 23.4 Å². The Morgan fingerprint density at radius 3 is 2.76 bits per heavy atom. The van der Waals surface area contributed by atoms with Gasteiger partial charge in [-0.1, -0.05) is 48.0 Å². The first kappa shape index (κ1) is 22.6. The largest absolute Gasteiger partial charge is 0.507 e. The number of furan rings is 1. The van der Waals surface area contributed by atoms with E-state index >= 15 is 0 Å². The van der Waals surface area contributed by atoms with Crippen molar-refractivity contribution in [2.24, 2.45) is 10.2 Å². The number of allylic oxidation sites excluding steroid dienone is 2. The number of carbonyl (C=O) groups is 1. The molecule has 0 saturated carbocycles. The van der Waals surface area contributed by atoms with E-state index in [-0.39, 0.29) is 18.2 Å². The van der Waals surface area contributed by atoms with Gasteiger partial charge in [-0.05, 0) is 66.2 Å². The van der Waals surface area contributed by atoms with E-state index in [1.807, 2.05) is 49.4 Å². The predicted molar refractivity (Wildman–Crippen MR) is 133 cm³/mol. The summed E-state index contributed by atoms with van der Waals surface area (Å²) in [7, 11) is 0. The summed E-state index contributed by atoms with van der Waals surface area (Å²) in [5.74, 6) is 0.482. The number of rotatable bonds is 6. The first-order valence-corrected chi connectivity index (χ1v) is 11.3. The molecule has 1 amide bonds. The van der Waals surface area contributed by atoms with Crippen molar-refractivity contribution < 1.29 is 14.3 Å². The Morgan fingerprint density at radius 1 is 1.18 bits per heavy atom. The summed E-state index contributed by atoms with van der Waals surface area (Å²) in [6.45, 7) is 2.17. The summed E-state index contributed by atoms with van der Waals surface area (Å²) in [6.07, 6.45) is 6.80. The number of hydrogen-bond acceptors (Lipinski definition) is 6. The zero-order valence-corrected chi connectivity index (χ0v) is 19.3. The standard InChI is InChI=1S/C25H20ClN3O3S/c1-17(12-18-6-3-2-4-7-18)13-23-24(31)29(16-21-8-5-11-32-21)25(33-23)28-27-15-19-14-20(26)9-10-22(19)30/h2-15,30H,16H2,1H3/b17-12+,23-13-,27-15+,28-25-. The Hall–Kier alpha value is -3.55. The number of benzene rings is 2. The van der Waals surface area contributed by atoms with E-state index in [1.165, 1.54) is 28.9 Å². The molecule has 2 heterocycles. The lowest BCUT2D eigenvalue weighted by Gasteiger charge is -2.12. The van der Waals surface area contributed by atoms with Crippen LogP contribution in [0.2, 0.25) is 5.02 Å². The molecule has 4 rings (SSSR count). The van der Waals surface area contributed by atoms with Gasteiger partial charge in [0.2, 0.25) is 0 Å². The van der Waals surface area contributed by atoms with Crippen molar-refractivity contribution in [3.63, 3.8) is 0 Å². The maximum absolute atomic E-state index is 13.1. The highest BCUT2D eigenvalue weighted by molar-refractivity contribution is 8.18. The maximum atomic E-state index is 13.1. The van der Waals surface area contributed by atoms with Crippen LogP contribution in [0.3, 0.4) is 0 Å². The van der Waals surface area contributed by atoms with E-state index in [9.17, 15) is 9.90 Å². The van der Waals surface area contributed by atoms with Crippen molar-refractivity contribution in [3.05, 3.63) is 105 Å². The minimum absolute atomic E-state index is 0.0354. The molecule has 0 spiro atoms. The Bertz CT molecular complexity index is 1270. The highest BCUT2D eigenvalue weighted by Gasteiger charge is 2.34. The number of amidine groups is 1. The number of phenolic OH excluding ortho intramolecular Hbond substituents is 1. The minimum atomic E-state index is -0.184. The van der Waals surface area contributed by atoms with Gasteiger partial charge in [-0.25, -0.2) is 0 Å². The van der Waals surface area contributed by atoms with Crippen LogP contribution in [0.25, 0.3) is 6.08 Å². The Kier molecular flexibility index (Phi) is 7.12. The molecule has 1 aliphatic rings. The molecule has 0 atom stereocenters. The number of thioether (sulfide) groups is 1. The lowest BCUT2D eigenvalue weighted by atomic mass is 10.1. The zero-order chi connectivity index (χ0) is 23.2. The van der Waals surface area contributed by atoms with Crippen molar-refractivity contribution >= 4 is 46.7 Å². The van der Waals surface area contributed by atoms with Gasteiger partial charge >= 0.3 is 0 Å². The molecular weight excluding hydrogens is 458 g/mol. The van der Waals surface area contributed by atoms with Crippen molar-refractivity contribution in [1.29, 1.82) is 0 Å². The molecule has 0 radical (unpaired) electrons. The van der Waals surface area contributed by atoms with Crippen molar-refractivity contribution in [2.45, 2.75) is 13.5 Å². The molecule has 8 heteroatoms. The van der Waals surface area contributed by atoms with Crippen LogP contribution in [-0.4, -0.2) is 27.3 Å². The summed E-state index contributed by atoms with van der Waals surface area (Å²) in [5, 5.41) is 19.2. The highest BCUT2D eigenvalue weighted by atomic mass is 35.5. The highest BCUT2D eigenvalue weighted by Crippen LogP contribution is 2.33. The van der Waals surface area contributed by atoms with Gasteiger partial charge in [-0.3, -0.25) is 9.69 Å². The molecule has 6 nitrogen and oxygen atoms in total. The average Bonchev–Trinajstić information content (AvgIpc) is 3.41. The Labute approximate surface area is 200 Å². The lowest BCUT2D eigenvalue weighted by Crippen LogP contribution is -2.28. The molecule has 0 aliphatic carbocycles. The summed E-state index contributed by atoms with van der Waals surface area (Å²) < 4.78 is 5.41. The molecule has 1 aliphatic heterocycles. The summed E-state index contributed by atoms with van der Waals surface area (Å²) in [5.41, 5.74) is 2.41. The van der Waals surface area contributed by atoms with Crippen molar-refractivity contribution in [1.82, 2.24) is 4.90 Å². The number of aromatic hydroxyl groups is 1. The molecule has 1 N–H and O–H groups in total. The van der Waals surface area contributed by atoms with Crippen LogP contribution in [-0.2, 0) is 11.3 Å². The normalized spacial score (nSPS) is 17.1. The van der Waals surface area contributed by atoms with Gasteiger partial charge in [0.15, 0.2) is 5.17 Å². The molecule has 166 valence electrons. The minimum Gasteiger partial charge on any atom is -0.507 e. The van der Waals surface area contributed by atoms with Gasteiger partial charge in [0.1, 0.15) is 11.5 Å². The third-order valence-electron chi connectivity index (χ3n) is 4.66. The van der Waals surface area contributed by atoms with Gasteiger partial charge in [0, 0.05) is 10.6 Å². The van der Waals surface area contributed by atoms with Crippen molar-refractivity contribution in [3.8, 4) is 5.75 Å². The molecule has 3 aromatic rings. The molecular formula is C25H20ClN3O3S. The fraction of sp³-hybridized carbons (Fsp3) is 0.0800. The fourth-order valence-electron chi connectivity index (χ4n) is 3.11. The van der Waals surface area contributed by atoms with Gasteiger partial charge in [-0.15, -0.1) is 5.10 Å². The quantitative estimate of drug-likeness (QED) is 0.264. The first-order chi connectivity index (χ1) is 16.0. The third-order valence-corrected chi connectivity index (χ3v) is 5.90. The number of amides is 1. The van der Waals surface area contributed by atoms with E-state index in [0.29, 0.717) is 26.4 Å². The van der Waals surface area contributed by atoms with Crippen LogP contribution in [0, 0.1) is 0 Å². The molecule has 33 heavy (non-hydrogen) atoms. The first-order valence-electron chi connectivity index (χ1n) is 10.1. The van der Waals surface area contributed by atoms with E-state index in [4.69, 9.17) is 16.0 Å². The molecule has 0 bridgehead atoms. The summed E-state index contributed by atoms with van der Waals surface area (Å²) >= 11 is 7.21. The lowest BCUT2D eigenvalue weighted by molar-refractivity contribution is -0.122. The molecule has 1 fully saturated rings. The van der Waals surface area contributed by atoms with Crippen LogP contribution in [0.5, 0.6) is 5.75 Å². The van der Waals surface area contributed by atoms with Gasteiger partial charge in [0.05, 0.1) is 23.9 Å². The molecule has 1 aromatic heterocycles. The maximum Gasteiger partial charge on any atom is 0.267 e. The smallest absolute Gasteiger partial charge is 0.267 e. The number of hydrogen-bond donors (Lipinski definition) is 1.